The SMILES string of the molecule is Cn1ccnc1CSc1nc(N)c(C#N)c(-c2ccc(Cl)cc2)c1C#N. The summed E-state index contributed by atoms with van der Waals surface area (Å²) in [5, 5.41) is 20.3. The Labute approximate surface area is 159 Å². The van der Waals surface area contributed by atoms with Gasteiger partial charge in [-0.25, -0.2) is 9.97 Å². The molecule has 0 saturated carbocycles. The molecule has 0 radical (unpaired) electrons. The third kappa shape index (κ3) is 3.36. The minimum absolute atomic E-state index is 0.0961. The fourth-order valence-electron chi connectivity index (χ4n) is 2.48. The second kappa shape index (κ2) is 7.49. The van der Waals surface area contributed by atoms with Crippen LogP contribution in [0.2, 0.25) is 5.02 Å². The molecule has 0 fully saturated rings. The van der Waals surface area contributed by atoms with Crippen molar-refractivity contribution in [1.82, 2.24) is 14.5 Å². The Morgan fingerprint density at radius 1 is 1.19 bits per heavy atom. The Morgan fingerprint density at radius 2 is 1.88 bits per heavy atom. The number of anilines is 1. The number of halogens is 1. The Kier molecular flexibility index (Phi) is 5.13. The zero-order chi connectivity index (χ0) is 18.7. The zero-order valence-corrected chi connectivity index (χ0v) is 15.3. The number of nitriles is 2. The van der Waals surface area contributed by atoms with E-state index in [1.165, 1.54) is 11.8 Å². The molecule has 3 rings (SSSR count). The third-order valence-corrected chi connectivity index (χ3v) is 5.03. The molecule has 0 bridgehead atoms. The van der Waals surface area contributed by atoms with Gasteiger partial charge in [-0.05, 0) is 17.7 Å². The molecule has 0 atom stereocenters. The van der Waals surface area contributed by atoms with E-state index in [9.17, 15) is 10.5 Å². The zero-order valence-electron chi connectivity index (χ0n) is 13.8. The molecule has 0 saturated heterocycles. The summed E-state index contributed by atoms with van der Waals surface area (Å²) in [6.07, 6.45) is 3.56. The molecule has 128 valence electrons. The van der Waals surface area contributed by atoms with Gasteiger partial charge in [0.2, 0.25) is 0 Å². The number of hydrogen-bond donors (Lipinski definition) is 1. The quantitative estimate of drug-likeness (QED) is 0.691. The van der Waals surface area contributed by atoms with Gasteiger partial charge in [-0.15, -0.1) is 0 Å². The van der Waals surface area contributed by atoms with E-state index in [1.54, 1.807) is 30.5 Å². The van der Waals surface area contributed by atoms with E-state index in [2.05, 4.69) is 22.1 Å². The van der Waals surface area contributed by atoms with Gasteiger partial charge in [-0.3, -0.25) is 0 Å². The number of nitrogens with zero attached hydrogens (tertiary/aromatic N) is 5. The van der Waals surface area contributed by atoms with E-state index in [1.807, 2.05) is 17.8 Å². The van der Waals surface area contributed by atoms with Gasteiger partial charge in [0.1, 0.15) is 34.4 Å². The molecule has 0 unspecified atom stereocenters. The molecule has 0 aliphatic heterocycles. The number of aryl methyl sites for hydroxylation is 1. The highest BCUT2D eigenvalue weighted by atomic mass is 35.5. The summed E-state index contributed by atoms with van der Waals surface area (Å²) in [6.45, 7) is 0. The topological polar surface area (TPSA) is 104 Å². The highest BCUT2D eigenvalue weighted by Crippen LogP contribution is 2.36. The predicted molar refractivity (Wildman–Crippen MR) is 101 cm³/mol. The van der Waals surface area contributed by atoms with Crippen LogP contribution in [-0.4, -0.2) is 14.5 Å². The molecule has 0 spiro atoms. The second-order valence-electron chi connectivity index (χ2n) is 5.40. The first-order valence-electron chi connectivity index (χ1n) is 7.53. The maximum atomic E-state index is 9.74. The van der Waals surface area contributed by atoms with Crippen LogP contribution in [0.5, 0.6) is 0 Å². The summed E-state index contributed by atoms with van der Waals surface area (Å²) in [6, 6.07) is 11.2. The van der Waals surface area contributed by atoms with Crippen LogP contribution in [0.1, 0.15) is 17.0 Å². The molecule has 6 nitrogen and oxygen atoms in total. The number of nitrogens with two attached hydrogens (primary N) is 1. The standard InChI is InChI=1S/C18H13ClN6S/c1-25-7-6-23-15(25)10-26-18-14(9-21)16(13(8-20)17(22)24-18)11-2-4-12(19)5-3-11/h2-7H,10H2,1H3,(H2,22,24). The average Bonchev–Trinajstić information content (AvgIpc) is 3.05. The lowest BCUT2D eigenvalue weighted by molar-refractivity contribution is 0.848. The summed E-state index contributed by atoms with van der Waals surface area (Å²) in [7, 11) is 1.90. The molecule has 0 amide bonds. The first-order chi connectivity index (χ1) is 12.5. The summed E-state index contributed by atoms with van der Waals surface area (Å²) < 4.78 is 1.89. The van der Waals surface area contributed by atoms with E-state index in [0.717, 1.165) is 5.82 Å². The van der Waals surface area contributed by atoms with Crippen LogP contribution in [0.15, 0.2) is 41.7 Å². The molecule has 2 N–H and O–H groups in total. The molecule has 0 aliphatic carbocycles. The monoisotopic (exact) mass is 380 g/mol. The van der Waals surface area contributed by atoms with Crippen LogP contribution >= 0.6 is 23.4 Å². The summed E-state index contributed by atoms with van der Waals surface area (Å²) >= 11 is 7.31. The van der Waals surface area contributed by atoms with E-state index in [0.29, 0.717) is 32.5 Å². The van der Waals surface area contributed by atoms with Crippen molar-refractivity contribution >= 4 is 29.2 Å². The molecule has 3 aromatic rings. The highest BCUT2D eigenvalue weighted by Gasteiger charge is 2.20. The molecular formula is C18H13ClN6S. The van der Waals surface area contributed by atoms with Gasteiger partial charge in [0.05, 0.1) is 11.3 Å². The largest absolute Gasteiger partial charge is 0.383 e. The van der Waals surface area contributed by atoms with Crippen molar-refractivity contribution in [2.24, 2.45) is 7.05 Å². The van der Waals surface area contributed by atoms with Crippen LogP contribution in [0, 0.1) is 22.7 Å². The predicted octanol–water partition coefficient (Wildman–Crippen LogP) is 3.75. The lowest BCUT2D eigenvalue weighted by Gasteiger charge is -2.13. The normalized spacial score (nSPS) is 10.3. The minimum Gasteiger partial charge on any atom is -0.383 e. The smallest absolute Gasteiger partial charge is 0.143 e. The van der Waals surface area contributed by atoms with E-state index < -0.39 is 0 Å². The molecule has 2 aromatic heterocycles. The van der Waals surface area contributed by atoms with Crippen LogP contribution in [-0.2, 0) is 12.8 Å². The molecule has 26 heavy (non-hydrogen) atoms. The van der Waals surface area contributed by atoms with Crippen LogP contribution < -0.4 is 5.73 Å². The summed E-state index contributed by atoms with van der Waals surface area (Å²) in [5.74, 6) is 1.46. The van der Waals surface area contributed by atoms with Crippen molar-refractivity contribution in [3.05, 3.63) is 58.6 Å². The number of rotatable bonds is 4. The van der Waals surface area contributed by atoms with Crippen molar-refractivity contribution in [3.63, 3.8) is 0 Å². The first-order valence-corrected chi connectivity index (χ1v) is 8.90. The molecule has 2 heterocycles. The molecule has 0 aliphatic rings. The van der Waals surface area contributed by atoms with E-state index >= 15 is 0 Å². The van der Waals surface area contributed by atoms with Gasteiger partial charge in [-0.1, -0.05) is 35.5 Å². The van der Waals surface area contributed by atoms with Gasteiger partial charge >= 0.3 is 0 Å². The lowest BCUT2D eigenvalue weighted by atomic mass is 9.97. The minimum atomic E-state index is 0.0961. The van der Waals surface area contributed by atoms with Crippen molar-refractivity contribution in [2.75, 3.05) is 5.73 Å². The fraction of sp³-hybridized carbons (Fsp3) is 0.111. The van der Waals surface area contributed by atoms with Gasteiger partial charge in [0, 0.05) is 30.0 Å². The van der Waals surface area contributed by atoms with E-state index in [4.69, 9.17) is 17.3 Å². The highest BCUT2D eigenvalue weighted by molar-refractivity contribution is 7.98. The number of benzene rings is 1. The number of imidazole rings is 1. The third-order valence-electron chi connectivity index (χ3n) is 3.81. The van der Waals surface area contributed by atoms with Crippen molar-refractivity contribution in [1.29, 1.82) is 10.5 Å². The van der Waals surface area contributed by atoms with Gasteiger partial charge in [0.15, 0.2) is 0 Å². The summed E-state index contributed by atoms with van der Waals surface area (Å²) in [5.41, 5.74) is 7.67. The van der Waals surface area contributed by atoms with Gasteiger partial charge in [0.25, 0.3) is 0 Å². The van der Waals surface area contributed by atoms with Crippen LogP contribution in [0.3, 0.4) is 0 Å². The molecule has 1 aromatic carbocycles. The maximum Gasteiger partial charge on any atom is 0.143 e. The number of hydrogen-bond acceptors (Lipinski definition) is 6. The number of pyridine rings is 1. The van der Waals surface area contributed by atoms with Crippen LogP contribution in [0.4, 0.5) is 5.82 Å². The number of nitrogen functional groups attached to an aromatic ring is 1. The second-order valence-corrected chi connectivity index (χ2v) is 6.80. The van der Waals surface area contributed by atoms with Crippen molar-refractivity contribution in [2.45, 2.75) is 10.8 Å². The molecular weight excluding hydrogens is 368 g/mol. The Hall–Kier alpha value is -3.00. The average molecular weight is 381 g/mol. The van der Waals surface area contributed by atoms with Crippen molar-refractivity contribution < 1.29 is 0 Å². The number of thioether (sulfide) groups is 1. The summed E-state index contributed by atoms with van der Waals surface area (Å²) in [4.78, 5) is 8.55. The Morgan fingerprint density at radius 3 is 2.46 bits per heavy atom. The Balaban J connectivity index is 2.12. The van der Waals surface area contributed by atoms with E-state index in [-0.39, 0.29) is 11.4 Å². The van der Waals surface area contributed by atoms with Gasteiger partial charge < -0.3 is 10.3 Å². The lowest BCUT2D eigenvalue weighted by Crippen LogP contribution is -2.04. The van der Waals surface area contributed by atoms with Crippen molar-refractivity contribution in [3.8, 4) is 23.3 Å². The maximum absolute atomic E-state index is 9.74. The first kappa shape index (κ1) is 17.8. The fourth-order valence-corrected chi connectivity index (χ4v) is 3.60. The number of aromatic nitrogens is 3. The van der Waals surface area contributed by atoms with Gasteiger partial charge in [-0.2, -0.15) is 10.5 Å². The van der Waals surface area contributed by atoms with Crippen LogP contribution in [0.25, 0.3) is 11.1 Å². The Bertz CT molecular complexity index is 1040. The molecule has 8 heteroatoms.